The summed E-state index contributed by atoms with van der Waals surface area (Å²) in [5.74, 6) is -1.33. The Labute approximate surface area is 193 Å². The largest absolute Gasteiger partial charge is 0.462 e. The lowest BCUT2D eigenvalue weighted by molar-refractivity contribution is -0.118. The van der Waals surface area contributed by atoms with Crippen LogP contribution in [0.5, 0.6) is 0 Å². The second kappa shape index (κ2) is 10.2. The number of nitrogens with zero attached hydrogens (tertiary/aromatic N) is 1. The van der Waals surface area contributed by atoms with Crippen molar-refractivity contribution < 1.29 is 27.5 Å². The van der Waals surface area contributed by atoms with Gasteiger partial charge in [-0.05, 0) is 62.2 Å². The summed E-state index contributed by atoms with van der Waals surface area (Å²) in [6.07, 6.45) is 0.725. The molecule has 0 saturated carbocycles. The highest BCUT2D eigenvalue weighted by atomic mass is 32.2. The van der Waals surface area contributed by atoms with E-state index in [4.69, 9.17) is 4.74 Å². The van der Waals surface area contributed by atoms with E-state index in [-0.39, 0.29) is 35.6 Å². The SMILES string of the molecule is CCOC(=O)c1cccc(NC(=O)CCS(=O)(=O)c2ccc3c(c2)C[C@H](C)N3C(=O)CC)c1. The van der Waals surface area contributed by atoms with Gasteiger partial charge in [-0.25, -0.2) is 13.2 Å². The number of rotatable bonds is 8. The molecule has 0 saturated heterocycles. The third-order valence-electron chi connectivity index (χ3n) is 5.45. The van der Waals surface area contributed by atoms with Crippen LogP contribution in [0.4, 0.5) is 11.4 Å². The lowest BCUT2D eigenvalue weighted by atomic mass is 10.1. The summed E-state index contributed by atoms with van der Waals surface area (Å²) in [6, 6.07) is 11.0. The number of benzene rings is 2. The minimum atomic E-state index is -3.70. The Hall–Kier alpha value is -3.20. The van der Waals surface area contributed by atoms with Gasteiger partial charge >= 0.3 is 5.97 Å². The van der Waals surface area contributed by atoms with Gasteiger partial charge < -0.3 is 15.0 Å². The van der Waals surface area contributed by atoms with Gasteiger partial charge in [0.05, 0.1) is 22.8 Å². The lowest BCUT2D eigenvalue weighted by Gasteiger charge is -2.22. The molecule has 0 unspecified atom stereocenters. The maximum atomic E-state index is 12.8. The van der Waals surface area contributed by atoms with Crippen LogP contribution in [0, 0.1) is 0 Å². The first-order chi connectivity index (χ1) is 15.7. The molecule has 0 spiro atoms. The molecule has 0 bridgehead atoms. The number of ether oxygens (including phenoxy) is 1. The minimum absolute atomic E-state index is 0.000513. The second-order valence-corrected chi connectivity index (χ2v) is 9.99. The van der Waals surface area contributed by atoms with Gasteiger partial charge in [0.15, 0.2) is 9.84 Å². The Morgan fingerprint density at radius 2 is 1.88 bits per heavy atom. The number of hydrogen-bond acceptors (Lipinski definition) is 6. The molecule has 176 valence electrons. The van der Waals surface area contributed by atoms with E-state index in [1.165, 1.54) is 12.1 Å². The van der Waals surface area contributed by atoms with Gasteiger partial charge in [0.1, 0.15) is 0 Å². The van der Waals surface area contributed by atoms with E-state index in [0.29, 0.717) is 24.1 Å². The zero-order valence-corrected chi connectivity index (χ0v) is 19.8. The number of amides is 2. The van der Waals surface area contributed by atoms with Gasteiger partial charge in [-0.2, -0.15) is 0 Å². The van der Waals surface area contributed by atoms with Crippen LogP contribution in [0.15, 0.2) is 47.4 Å². The molecule has 8 nitrogen and oxygen atoms in total. The van der Waals surface area contributed by atoms with Crippen molar-refractivity contribution in [1.29, 1.82) is 0 Å². The standard InChI is InChI=1S/C24H28N2O6S/c1-4-23(28)26-16(3)13-18-15-20(9-10-21(18)26)33(30,31)12-11-22(27)25-19-8-6-7-17(14-19)24(29)32-5-2/h6-10,14-16H,4-5,11-13H2,1-3H3,(H,25,27)/t16-/m0/s1. The van der Waals surface area contributed by atoms with Crippen LogP contribution in [-0.2, 0) is 30.6 Å². The average molecular weight is 473 g/mol. The summed E-state index contributed by atoms with van der Waals surface area (Å²) >= 11 is 0. The third kappa shape index (κ3) is 5.60. The maximum Gasteiger partial charge on any atom is 0.338 e. The van der Waals surface area contributed by atoms with Crippen molar-refractivity contribution in [1.82, 2.24) is 0 Å². The topological polar surface area (TPSA) is 110 Å². The smallest absolute Gasteiger partial charge is 0.338 e. The van der Waals surface area contributed by atoms with E-state index < -0.39 is 21.7 Å². The number of carbonyl (C=O) groups excluding carboxylic acids is 3. The van der Waals surface area contributed by atoms with E-state index >= 15 is 0 Å². The Bertz CT molecular complexity index is 1180. The highest BCUT2D eigenvalue weighted by Crippen LogP contribution is 2.34. The Morgan fingerprint density at radius 3 is 2.58 bits per heavy atom. The molecule has 33 heavy (non-hydrogen) atoms. The van der Waals surface area contributed by atoms with Crippen molar-refractivity contribution in [2.24, 2.45) is 0 Å². The summed E-state index contributed by atoms with van der Waals surface area (Å²) in [4.78, 5) is 38.3. The molecule has 3 rings (SSSR count). The van der Waals surface area contributed by atoms with Crippen LogP contribution in [0.25, 0.3) is 0 Å². The highest BCUT2D eigenvalue weighted by Gasteiger charge is 2.31. The van der Waals surface area contributed by atoms with Crippen molar-refractivity contribution >= 4 is 39.0 Å². The fourth-order valence-electron chi connectivity index (χ4n) is 3.86. The molecule has 1 aliphatic rings. The molecule has 1 heterocycles. The van der Waals surface area contributed by atoms with E-state index in [2.05, 4.69) is 5.32 Å². The van der Waals surface area contributed by atoms with E-state index in [0.717, 1.165) is 11.3 Å². The van der Waals surface area contributed by atoms with Crippen molar-refractivity contribution in [3.05, 3.63) is 53.6 Å². The predicted molar refractivity (Wildman–Crippen MR) is 125 cm³/mol. The summed E-state index contributed by atoms with van der Waals surface area (Å²) in [5, 5.41) is 2.62. The van der Waals surface area contributed by atoms with Gasteiger partial charge in [0.2, 0.25) is 11.8 Å². The molecule has 2 aromatic carbocycles. The average Bonchev–Trinajstić information content (AvgIpc) is 3.12. The van der Waals surface area contributed by atoms with Gasteiger partial charge in [-0.3, -0.25) is 9.59 Å². The quantitative estimate of drug-likeness (QED) is 0.590. The monoisotopic (exact) mass is 472 g/mol. The molecular weight excluding hydrogens is 444 g/mol. The Balaban J connectivity index is 1.66. The number of hydrogen-bond donors (Lipinski definition) is 1. The molecule has 1 atom stereocenters. The molecule has 0 fully saturated rings. The maximum absolute atomic E-state index is 12.8. The van der Waals surface area contributed by atoms with Gasteiger partial charge in [-0.15, -0.1) is 0 Å². The molecule has 9 heteroatoms. The number of carbonyl (C=O) groups is 3. The van der Waals surface area contributed by atoms with Gasteiger partial charge in [-0.1, -0.05) is 13.0 Å². The van der Waals surface area contributed by atoms with Crippen LogP contribution < -0.4 is 10.2 Å². The van der Waals surface area contributed by atoms with Crippen LogP contribution in [0.3, 0.4) is 0 Å². The summed E-state index contributed by atoms with van der Waals surface area (Å²) < 4.78 is 30.6. The van der Waals surface area contributed by atoms with E-state index in [1.807, 2.05) is 6.92 Å². The first-order valence-corrected chi connectivity index (χ1v) is 12.6. The highest BCUT2D eigenvalue weighted by molar-refractivity contribution is 7.91. The predicted octanol–water partition coefficient (Wildman–Crippen LogP) is 3.35. The molecule has 2 aromatic rings. The molecular formula is C24H28N2O6S. The normalized spacial score (nSPS) is 15.1. The van der Waals surface area contributed by atoms with Crippen molar-refractivity contribution in [3.8, 4) is 0 Å². The van der Waals surface area contributed by atoms with Crippen molar-refractivity contribution in [3.63, 3.8) is 0 Å². The fraction of sp³-hybridized carbons (Fsp3) is 0.375. The summed E-state index contributed by atoms with van der Waals surface area (Å²) in [7, 11) is -3.70. The number of anilines is 2. The first-order valence-electron chi connectivity index (χ1n) is 10.9. The summed E-state index contributed by atoms with van der Waals surface area (Å²) in [6.45, 7) is 5.67. The van der Waals surface area contributed by atoms with Crippen LogP contribution in [0.2, 0.25) is 0 Å². The zero-order valence-electron chi connectivity index (χ0n) is 19.0. The first kappa shape index (κ1) is 24.4. The van der Waals surface area contributed by atoms with Crippen LogP contribution in [0.1, 0.15) is 49.5 Å². The molecule has 0 radical (unpaired) electrons. The zero-order chi connectivity index (χ0) is 24.2. The number of nitrogens with one attached hydrogen (secondary N) is 1. The van der Waals surface area contributed by atoms with Gasteiger partial charge in [0, 0.05) is 30.3 Å². The number of fused-ring (bicyclic) bond motifs is 1. The third-order valence-corrected chi connectivity index (χ3v) is 7.17. The summed E-state index contributed by atoms with van der Waals surface area (Å²) in [5.41, 5.74) is 2.23. The lowest BCUT2D eigenvalue weighted by Crippen LogP contribution is -2.35. The molecule has 2 amide bonds. The van der Waals surface area contributed by atoms with Crippen LogP contribution >= 0.6 is 0 Å². The van der Waals surface area contributed by atoms with Crippen molar-refractivity contribution in [2.45, 2.75) is 51.0 Å². The number of esters is 1. The van der Waals surface area contributed by atoms with E-state index in [9.17, 15) is 22.8 Å². The molecule has 1 N–H and O–H groups in total. The Morgan fingerprint density at radius 1 is 1.12 bits per heavy atom. The molecule has 1 aliphatic heterocycles. The molecule has 0 aromatic heterocycles. The minimum Gasteiger partial charge on any atom is -0.462 e. The van der Waals surface area contributed by atoms with Crippen molar-refractivity contribution in [2.75, 3.05) is 22.6 Å². The number of sulfone groups is 1. The fourth-order valence-corrected chi connectivity index (χ4v) is 5.15. The van der Waals surface area contributed by atoms with Gasteiger partial charge in [0.25, 0.3) is 0 Å². The van der Waals surface area contributed by atoms with E-state index in [1.54, 1.807) is 49.1 Å². The second-order valence-electron chi connectivity index (χ2n) is 7.88. The Kier molecular flexibility index (Phi) is 7.53. The molecule has 0 aliphatic carbocycles. The van der Waals surface area contributed by atoms with Crippen LogP contribution in [-0.4, -0.2) is 44.6 Å².